The van der Waals surface area contributed by atoms with Crippen LogP contribution in [0.5, 0.6) is 0 Å². The normalized spacial score (nSPS) is 21.5. The fourth-order valence-corrected chi connectivity index (χ4v) is 2.53. The Morgan fingerprint density at radius 2 is 1.90 bits per heavy atom. The third kappa shape index (κ3) is 3.25. The number of carbonyl (C=O) groups is 2. The molecule has 20 heavy (non-hydrogen) atoms. The van der Waals surface area contributed by atoms with Crippen molar-refractivity contribution in [3.05, 3.63) is 40.6 Å². The minimum absolute atomic E-state index is 0.0527. The van der Waals surface area contributed by atoms with Gasteiger partial charge in [-0.25, -0.2) is 4.39 Å². The molecule has 0 spiro atoms. The Morgan fingerprint density at radius 3 is 2.50 bits per heavy atom. The Morgan fingerprint density at radius 1 is 1.25 bits per heavy atom. The zero-order chi connectivity index (χ0) is 14.7. The van der Waals surface area contributed by atoms with E-state index in [2.05, 4.69) is 21.2 Å². The van der Waals surface area contributed by atoms with Gasteiger partial charge in [-0.15, -0.1) is 0 Å². The number of hydrogen-bond donors (Lipinski definition) is 2. The molecule has 0 aliphatic heterocycles. The van der Waals surface area contributed by atoms with E-state index < -0.39 is 29.5 Å². The first-order valence-electron chi connectivity index (χ1n) is 6.12. The van der Waals surface area contributed by atoms with Crippen molar-refractivity contribution in [1.82, 2.24) is 0 Å². The van der Waals surface area contributed by atoms with Crippen LogP contribution < -0.4 is 5.32 Å². The molecule has 2 N–H and O–H groups in total. The van der Waals surface area contributed by atoms with Gasteiger partial charge in [-0.1, -0.05) is 28.1 Å². The number of carboxylic acid groups (broad SMARTS) is 1. The fraction of sp³-hybridized carbons (Fsp3) is 0.286. The van der Waals surface area contributed by atoms with Gasteiger partial charge in [-0.05, 0) is 31.0 Å². The first-order chi connectivity index (χ1) is 9.49. The summed E-state index contributed by atoms with van der Waals surface area (Å²) in [5.41, 5.74) is 0.0527. The van der Waals surface area contributed by atoms with E-state index in [4.69, 9.17) is 5.11 Å². The van der Waals surface area contributed by atoms with E-state index in [0.29, 0.717) is 17.3 Å². The number of allylic oxidation sites excluding steroid dienone is 2. The number of amides is 1. The van der Waals surface area contributed by atoms with Gasteiger partial charge in [0, 0.05) is 4.47 Å². The fourth-order valence-electron chi connectivity index (χ4n) is 2.19. The number of anilines is 1. The molecule has 0 heterocycles. The number of carbonyl (C=O) groups excluding carboxylic acids is 1. The van der Waals surface area contributed by atoms with E-state index in [1.807, 2.05) is 0 Å². The van der Waals surface area contributed by atoms with E-state index in [1.54, 1.807) is 18.2 Å². The maximum Gasteiger partial charge on any atom is 0.307 e. The molecule has 0 saturated carbocycles. The van der Waals surface area contributed by atoms with Gasteiger partial charge in [0.2, 0.25) is 5.91 Å². The minimum atomic E-state index is -1.01. The largest absolute Gasteiger partial charge is 0.481 e. The lowest BCUT2D eigenvalue weighted by Gasteiger charge is -2.24. The van der Waals surface area contributed by atoms with Gasteiger partial charge in [0.1, 0.15) is 5.82 Å². The molecule has 1 aliphatic rings. The van der Waals surface area contributed by atoms with Crippen LogP contribution in [0.15, 0.2) is 34.8 Å². The molecule has 1 amide bonds. The number of halogens is 2. The lowest BCUT2D eigenvalue weighted by atomic mass is 9.82. The molecular formula is C14H13BrFNO3. The topological polar surface area (TPSA) is 66.4 Å². The SMILES string of the molecule is O=C(O)[C@H]1CC=CC[C@H]1C(=O)Nc1ccc(Br)cc1F. The van der Waals surface area contributed by atoms with Crippen molar-refractivity contribution in [3.8, 4) is 0 Å². The number of nitrogens with one attached hydrogen (secondary N) is 1. The predicted octanol–water partition coefficient (Wildman–Crippen LogP) is 3.19. The van der Waals surface area contributed by atoms with E-state index in [1.165, 1.54) is 12.1 Å². The molecule has 1 aromatic rings. The van der Waals surface area contributed by atoms with E-state index >= 15 is 0 Å². The minimum Gasteiger partial charge on any atom is -0.481 e. The van der Waals surface area contributed by atoms with Crippen molar-refractivity contribution in [1.29, 1.82) is 0 Å². The molecule has 0 radical (unpaired) electrons. The number of rotatable bonds is 3. The molecule has 0 fully saturated rings. The van der Waals surface area contributed by atoms with E-state index in [-0.39, 0.29) is 5.69 Å². The molecule has 1 aromatic carbocycles. The highest BCUT2D eigenvalue weighted by atomic mass is 79.9. The summed E-state index contributed by atoms with van der Waals surface area (Å²) >= 11 is 3.13. The van der Waals surface area contributed by atoms with Gasteiger partial charge in [0.25, 0.3) is 0 Å². The van der Waals surface area contributed by atoms with Gasteiger partial charge in [0.15, 0.2) is 0 Å². The molecule has 0 unspecified atom stereocenters. The Balaban J connectivity index is 2.14. The lowest BCUT2D eigenvalue weighted by molar-refractivity contribution is -0.146. The maximum atomic E-state index is 13.7. The van der Waals surface area contributed by atoms with Gasteiger partial charge >= 0.3 is 5.97 Å². The molecule has 6 heteroatoms. The van der Waals surface area contributed by atoms with Crippen LogP contribution in [0.1, 0.15) is 12.8 Å². The highest BCUT2D eigenvalue weighted by Crippen LogP contribution is 2.28. The summed E-state index contributed by atoms with van der Waals surface area (Å²) < 4.78 is 14.2. The lowest BCUT2D eigenvalue weighted by Crippen LogP contribution is -2.34. The average Bonchev–Trinajstić information content (AvgIpc) is 2.41. The molecule has 106 valence electrons. The van der Waals surface area contributed by atoms with Crippen molar-refractivity contribution < 1.29 is 19.1 Å². The van der Waals surface area contributed by atoms with Crippen LogP contribution in [0, 0.1) is 17.7 Å². The second kappa shape index (κ2) is 6.17. The summed E-state index contributed by atoms with van der Waals surface area (Å²) in [5.74, 6) is -3.49. The van der Waals surface area contributed by atoms with Crippen molar-refractivity contribution >= 4 is 33.5 Å². The molecular weight excluding hydrogens is 329 g/mol. The Bertz CT molecular complexity index is 574. The number of benzene rings is 1. The smallest absolute Gasteiger partial charge is 0.307 e. The summed E-state index contributed by atoms with van der Waals surface area (Å²) in [6, 6.07) is 4.28. The summed E-state index contributed by atoms with van der Waals surface area (Å²) in [4.78, 5) is 23.3. The number of carboxylic acids is 1. The van der Waals surface area contributed by atoms with Crippen LogP contribution in [0.2, 0.25) is 0 Å². The molecule has 2 atom stereocenters. The highest BCUT2D eigenvalue weighted by molar-refractivity contribution is 9.10. The quantitative estimate of drug-likeness (QED) is 0.829. The van der Waals surface area contributed by atoms with E-state index in [9.17, 15) is 14.0 Å². The van der Waals surface area contributed by atoms with Gasteiger partial charge in [-0.2, -0.15) is 0 Å². The summed E-state index contributed by atoms with van der Waals surface area (Å²) in [5, 5.41) is 11.6. The monoisotopic (exact) mass is 341 g/mol. The first-order valence-corrected chi connectivity index (χ1v) is 6.92. The first kappa shape index (κ1) is 14.7. The van der Waals surface area contributed by atoms with Gasteiger partial charge in [-0.3, -0.25) is 9.59 Å². The molecule has 0 saturated heterocycles. The van der Waals surface area contributed by atoms with Crippen LogP contribution >= 0.6 is 15.9 Å². The zero-order valence-electron chi connectivity index (χ0n) is 10.5. The highest BCUT2D eigenvalue weighted by Gasteiger charge is 2.34. The molecule has 0 aromatic heterocycles. The van der Waals surface area contributed by atoms with Crippen molar-refractivity contribution in [2.75, 3.05) is 5.32 Å². The summed E-state index contributed by atoms with van der Waals surface area (Å²) in [7, 11) is 0. The Labute approximate surface area is 123 Å². The molecule has 2 rings (SSSR count). The van der Waals surface area contributed by atoms with E-state index in [0.717, 1.165) is 0 Å². The predicted molar refractivity (Wildman–Crippen MR) is 75.7 cm³/mol. The van der Waals surface area contributed by atoms with Crippen LogP contribution in [-0.4, -0.2) is 17.0 Å². The summed E-state index contributed by atoms with van der Waals surface area (Å²) in [6.45, 7) is 0. The van der Waals surface area contributed by atoms with Crippen molar-refractivity contribution in [3.63, 3.8) is 0 Å². The van der Waals surface area contributed by atoms with Crippen molar-refractivity contribution in [2.24, 2.45) is 11.8 Å². The van der Waals surface area contributed by atoms with Gasteiger partial charge < -0.3 is 10.4 Å². The number of aliphatic carboxylic acids is 1. The third-order valence-electron chi connectivity index (χ3n) is 3.28. The molecule has 1 aliphatic carbocycles. The average molecular weight is 342 g/mol. The Hall–Kier alpha value is -1.69. The number of hydrogen-bond acceptors (Lipinski definition) is 2. The zero-order valence-corrected chi connectivity index (χ0v) is 12.1. The van der Waals surface area contributed by atoms with Crippen LogP contribution in [0.4, 0.5) is 10.1 Å². The second-order valence-corrected chi connectivity index (χ2v) is 5.52. The maximum absolute atomic E-state index is 13.7. The molecule has 4 nitrogen and oxygen atoms in total. The third-order valence-corrected chi connectivity index (χ3v) is 3.77. The van der Waals surface area contributed by atoms with Crippen LogP contribution in [0.25, 0.3) is 0 Å². The summed E-state index contributed by atoms with van der Waals surface area (Å²) in [6.07, 6.45) is 4.20. The van der Waals surface area contributed by atoms with Crippen LogP contribution in [0.3, 0.4) is 0 Å². The van der Waals surface area contributed by atoms with Crippen molar-refractivity contribution in [2.45, 2.75) is 12.8 Å². The molecule has 0 bridgehead atoms. The standard InChI is InChI=1S/C14H13BrFNO3/c15-8-5-6-12(11(16)7-8)17-13(18)9-3-1-2-4-10(9)14(19)20/h1-2,5-7,9-10H,3-4H2,(H,17,18)(H,19,20)/t9-,10+/m1/s1. The second-order valence-electron chi connectivity index (χ2n) is 4.61. The Kier molecular flexibility index (Phi) is 4.54. The van der Waals surface area contributed by atoms with Gasteiger partial charge in [0.05, 0.1) is 17.5 Å². The van der Waals surface area contributed by atoms with Crippen LogP contribution in [-0.2, 0) is 9.59 Å².